The van der Waals surface area contributed by atoms with Gasteiger partial charge in [-0.1, -0.05) is 26.8 Å². The van der Waals surface area contributed by atoms with E-state index in [0.29, 0.717) is 25.0 Å². The third-order valence-corrected chi connectivity index (χ3v) is 3.52. The Balaban J connectivity index is 2.18. The van der Waals surface area contributed by atoms with Crippen molar-refractivity contribution in [2.24, 2.45) is 17.7 Å². The number of hydrazine groups is 1. The van der Waals surface area contributed by atoms with E-state index >= 15 is 0 Å². The fraction of sp³-hybridized carbons (Fsp3) is 0.600. The van der Waals surface area contributed by atoms with Crippen molar-refractivity contribution in [3.8, 4) is 11.5 Å². The maximum atomic E-state index is 5.74. The molecular formula is C15H24N2O2. The molecule has 0 saturated heterocycles. The van der Waals surface area contributed by atoms with Gasteiger partial charge in [0.15, 0.2) is 11.5 Å². The number of nitrogens with two attached hydrogens (primary N) is 1. The third-order valence-electron chi connectivity index (χ3n) is 3.52. The molecule has 0 aliphatic carbocycles. The van der Waals surface area contributed by atoms with E-state index in [1.807, 2.05) is 12.1 Å². The Bertz CT molecular complexity index is 421. The Morgan fingerprint density at radius 2 is 1.84 bits per heavy atom. The summed E-state index contributed by atoms with van der Waals surface area (Å²) >= 11 is 0. The fourth-order valence-electron chi connectivity index (χ4n) is 2.72. The summed E-state index contributed by atoms with van der Waals surface area (Å²) < 4.78 is 11.2. The first kappa shape index (κ1) is 14.2. The van der Waals surface area contributed by atoms with E-state index < -0.39 is 0 Å². The molecule has 4 heteroatoms. The van der Waals surface area contributed by atoms with Crippen molar-refractivity contribution in [1.29, 1.82) is 0 Å². The Hall–Kier alpha value is -1.26. The van der Waals surface area contributed by atoms with E-state index in [2.05, 4.69) is 32.3 Å². The molecule has 0 spiro atoms. The van der Waals surface area contributed by atoms with Gasteiger partial charge in [0.25, 0.3) is 0 Å². The van der Waals surface area contributed by atoms with E-state index in [-0.39, 0.29) is 6.04 Å². The van der Waals surface area contributed by atoms with E-state index in [4.69, 9.17) is 15.3 Å². The summed E-state index contributed by atoms with van der Waals surface area (Å²) in [5, 5.41) is 0. The Labute approximate surface area is 115 Å². The molecule has 2 rings (SSSR count). The summed E-state index contributed by atoms with van der Waals surface area (Å²) in [4.78, 5) is 0. The zero-order valence-corrected chi connectivity index (χ0v) is 12.0. The molecule has 1 heterocycles. The first-order chi connectivity index (χ1) is 9.11. The lowest BCUT2D eigenvalue weighted by Gasteiger charge is -2.26. The Kier molecular flexibility index (Phi) is 4.66. The van der Waals surface area contributed by atoms with Gasteiger partial charge in [-0.3, -0.25) is 11.3 Å². The predicted octanol–water partition coefficient (Wildman–Crippen LogP) is 2.64. The van der Waals surface area contributed by atoms with Crippen LogP contribution in [-0.4, -0.2) is 13.2 Å². The van der Waals surface area contributed by atoms with Crippen LogP contribution in [0.15, 0.2) is 18.2 Å². The molecule has 1 aromatic carbocycles. The largest absolute Gasteiger partial charge is 0.486 e. The van der Waals surface area contributed by atoms with Crippen LogP contribution in [0.5, 0.6) is 11.5 Å². The monoisotopic (exact) mass is 264 g/mol. The van der Waals surface area contributed by atoms with Crippen molar-refractivity contribution in [1.82, 2.24) is 5.43 Å². The van der Waals surface area contributed by atoms with Crippen molar-refractivity contribution < 1.29 is 9.47 Å². The molecule has 3 N–H and O–H groups in total. The van der Waals surface area contributed by atoms with E-state index in [1.54, 1.807) is 0 Å². The van der Waals surface area contributed by atoms with Crippen molar-refractivity contribution in [3.63, 3.8) is 0 Å². The van der Waals surface area contributed by atoms with Gasteiger partial charge in [-0.25, -0.2) is 0 Å². The van der Waals surface area contributed by atoms with Gasteiger partial charge in [0.2, 0.25) is 0 Å². The van der Waals surface area contributed by atoms with Gasteiger partial charge in [0.05, 0.1) is 0 Å². The second kappa shape index (κ2) is 6.26. The van der Waals surface area contributed by atoms with Gasteiger partial charge in [0.1, 0.15) is 13.2 Å². The minimum absolute atomic E-state index is 0.137. The van der Waals surface area contributed by atoms with Gasteiger partial charge in [-0.2, -0.15) is 0 Å². The molecule has 0 amide bonds. The quantitative estimate of drug-likeness (QED) is 0.634. The van der Waals surface area contributed by atoms with Crippen LogP contribution in [0.4, 0.5) is 0 Å². The Morgan fingerprint density at radius 3 is 2.47 bits per heavy atom. The lowest BCUT2D eigenvalue weighted by atomic mass is 9.88. The van der Waals surface area contributed by atoms with Crippen molar-refractivity contribution >= 4 is 0 Å². The zero-order valence-electron chi connectivity index (χ0n) is 12.0. The topological polar surface area (TPSA) is 56.5 Å². The van der Waals surface area contributed by atoms with Gasteiger partial charge in [-0.05, 0) is 36.0 Å². The molecule has 2 unspecified atom stereocenters. The second-order valence-electron chi connectivity index (χ2n) is 5.65. The molecule has 106 valence electrons. The summed E-state index contributed by atoms with van der Waals surface area (Å²) in [5.41, 5.74) is 4.09. The van der Waals surface area contributed by atoms with Crippen LogP contribution in [-0.2, 0) is 0 Å². The smallest absolute Gasteiger partial charge is 0.161 e. The molecular weight excluding hydrogens is 240 g/mol. The average Bonchev–Trinajstić information content (AvgIpc) is 2.38. The van der Waals surface area contributed by atoms with Crippen LogP contribution < -0.4 is 20.7 Å². The number of benzene rings is 1. The maximum Gasteiger partial charge on any atom is 0.161 e. The highest BCUT2D eigenvalue weighted by Crippen LogP contribution is 2.35. The minimum atomic E-state index is 0.137. The van der Waals surface area contributed by atoms with Gasteiger partial charge < -0.3 is 9.47 Å². The molecule has 0 bridgehead atoms. The number of nitrogens with one attached hydrogen (secondary N) is 1. The van der Waals surface area contributed by atoms with Gasteiger partial charge >= 0.3 is 0 Å². The van der Waals surface area contributed by atoms with Crippen LogP contribution in [0, 0.1) is 11.8 Å². The van der Waals surface area contributed by atoms with Crippen LogP contribution in [0.25, 0.3) is 0 Å². The molecule has 1 aromatic rings. The summed E-state index contributed by atoms with van der Waals surface area (Å²) in [6.07, 6.45) is 1.13. The SMILES string of the molecule is CC(C)CC(C)C(NN)c1ccc2c(c1)OCCO2. The molecule has 19 heavy (non-hydrogen) atoms. The van der Waals surface area contributed by atoms with Crippen molar-refractivity contribution in [2.75, 3.05) is 13.2 Å². The van der Waals surface area contributed by atoms with E-state index in [0.717, 1.165) is 23.5 Å². The third kappa shape index (κ3) is 3.39. The highest BCUT2D eigenvalue weighted by atomic mass is 16.6. The Morgan fingerprint density at radius 1 is 1.16 bits per heavy atom. The van der Waals surface area contributed by atoms with Gasteiger partial charge in [-0.15, -0.1) is 0 Å². The van der Waals surface area contributed by atoms with Crippen LogP contribution in [0.1, 0.15) is 38.8 Å². The summed E-state index contributed by atoms with van der Waals surface area (Å²) in [5.74, 6) is 8.50. The highest BCUT2D eigenvalue weighted by Gasteiger charge is 2.21. The number of hydrogen-bond donors (Lipinski definition) is 2. The number of rotatable bonds is 5. The number of fused-ring (bicyclic) bond motifs is 1. The van der Waals surface area contributed by atoms with Gasteiger partial charge in [0, 0.05) is 6.04 Å². The van der Waals surface area contributed by atoms with Crippen LogP contribution in [0.3, 0.4) is 0 Å². The first-order valence-corrected chi connectivity index (χ1v) is 6.97. The molecule has 0 radical (unpaired) electrons. The summed E-state index contributed by atoms with van der Waals surface area (Å²) in [7, 11) is 0. The van der Waals surface area contributed by atoms with Crippen molar-refractivity contribution in [2.45, 2.75) is 33.2 Å². The molecule has 4 nitrogen and oxygen atoms in total. The maximum absolute atomic E-state index is 5.74. The minimum Gasteiger partial charge on any atom is -0.486 e. The predicted molar refractivity (Wildman–Crippen MR) is 76.1 cm³/mol. The summed E-state index contributed by atoms with van der Waals surface area (Å²) in [6.45, 7) is 7.91. The molecule has 0 fully saturated rings. The van der Waals surface area contributed by atoms with Crippen molar-refractivity contribution in [3.05, 3.63) is 23.8 Å². The normalized spacial score (nSPS) is 17.3. The fourth-order valence-corrected chi connectivity index (χ4v) is 2.72. The first-order valence-electron chi connectivity index (χ1n) is 6.97. The standard InChI is InChI=1S/C15H24N2O2/c1-10(2)8-11(3)15(17-16)12-4-5-13-14(9-12)19-7-6-18-13/h4-5,9-11,15,17H,6-8,16H2,1-3H3. The van der Waals surface area contributed by atoms with Crippen LogP contribution in [0.2, 0.25) is 0 Å². The lowest BCUT2D eigenvalue weighted by Crippen LogP contribution is -2.33. The molecule has 2 atom stereocenters. The zero-order chi connectivity index (χ0) is 13.8. The molecule has 0 saturated carbocycles. The number of ether oxygens (including phenoxy) is 2. The van der Waals surface area contributed by atoms with E-state index in [1.165, 1.54) is 0 Å². The lowest BCUT2D eigenvalue weighted by molar-refractivity contribution is 0.171. The average molecular weight is 264 g/mol. The van der Waals surface area contributed by atoms with E-state index in [9.17, 15) is 0 Å². The van der Waals surface area contributed by atoms with Crippen LogP contribution >= 0.6 is 0 Å². The highest BCUT2D eigenvalue weighted by molar-refractivity contribution is 5.44. The molecule has 1 aliphatic rings. The second-order valence-corrected chi connectivity index (χ2v) is 5.65. The molecule has 0 aromatic heterocycles. The molecule has 1 aliphatic heterocycles. The number of hydrogen-bond acceptors (Lipinski definition) is 4. The summed E-state index contributed by atoms with van der Waals surface area (Å²) in [6, 6.07) is 6.21.